The molecule has 0 saturated carbocycles. The van der Waals surface area contributed by atoms with Gasteiger partial charge in [-0.3, -0.25) is 14.7 Å². The topological polar surface area (TPSA) is 82.7 Å². The van der Waals surface area contributed by atoms with Crippen LogP contribution in [0.5, 0.6) is 0 Å². The van der Waals surface area contributed by atoms with Gasteiger partial charge in [0.15, 0.2) is 0 Å². The number of piperidine rings is 2. The summed E-state index contributed by atoms with van der Waals surface area (Å²) in [5, 5.41) is 11.3. The first-order chi connectivity index (χ1) is 14.4. The van der Waals surface area contributed by atoms with Crippen LogP contribution in [-0.2, 0) is 10.2 Å². The van der Waals surface area contributed by atoms with Crippen LogP contribution in [-0.4, -0.2) is 59.2 Å². The number of anilines is 1. The fourth-order valence-corrected chi connectivity index (χ4v) is 5.04. The van der Waals surface area contributed by atoms with Gasteiger partial charge in [0.2, 0.25) is 5.91 Å². The molecule has 2 aliphatic rings. The van der Waals surface area contributed by atoms with Crippen molar-refractivity contribution >= 4 is 11.6 Å². The molecule has 1 aromatic heterocycles. The minimum absolute atomic E-state index is 0.327. The molecule has 3 heterocycles. The summed E-state index contributed by atoms with van der Waals surface area (Å²) in [5.74, 6) is -0.327. The summed E-state index contributed by atoms with van der Waals surface area (Å²) in [6.07, 6.45) is 4.71. The van der Waals surface area contributed by atoms with E-state index in [9.17, 15) is 9.90 Å². The minimum atomic E-state index is -0.780. The van der Waals surface area contributed by atoms with Gasteiger partial charge in [0.1, 0.15) is 5.41 Å². The molecule has 160 valence electrons. The van der Waals surface area contributed by atoms with Gasteiger partial charge in [-0.1, -0.05) is 18.2 Å². The Morgan fingerprint density at radius 2 is 1.93 bits per heavy atom. The maximum atomic E-state index is 12.5. The zero-order valence-corrected chi connectivity index (χ0v) is 17.8. The molecule has 1 atom stereocenters. The van der Waals surface area contributed by atoms with Crippen LogP contribution < -0.4 is 10.6 Å². The Hall–Kier alpha value is -2.44. The number of primary amides is 1. The highest BCUT2D eigenvalue weighted by atomic mass is 16.3. The lowest BCUT2D eigenvalue weighted by atomic mass is 9.75. The number of nitrogens with zero attached hydrogens (tertiary/aromatic N) is 3. The number of hydrogen-bond donors (Lipinski definition) is 2. The Kier molecular flexibility index (Phi) is 5.80. The van der Waals surface area contributed by atoms with Crippen molar-refractivity contribution in [1.82, 2.24) is 9.88 Å². The fourth-order valence-electron chi connectivity index (χ4n) is 5.04. The van der Waals surface area contributed by atoms with Crippen LogP contribution in [0, 0.1) is 6.92 Å². The number of aliphatic hydroxyl groups is 1. The van der Waals surface area contributed by atoms with Crippen molar-refractivity contribution in [3.8, 4) is 0 Å². The number of pyridine rings is 1. The lowest BCUT2D eigenvalue weighted by molar-refractivity contribution is -0.126. The summed E-state index contributed by atoms with van der Waals surface area (Å²) >= 11 is 0. The van der Waals surface area contributed by atoms with E-state index < -0.39 is 11.0 Å². The van der Waals surface area contributed by atoms with Crippen molar-refractivity contribution in [3.63, 3.8) is 0 Å². The maximum absolute atomic E-state index is 12.5. The number of benzene rings is 1. The van der Waals surface area contributed by atoms with E-state index in [1.165, 1.54) is 11.3 Å². The predicted molar refractivity (Wildman–Crippen MR) is 118 cm³/mol. The van der Waals surface area contributed by atoms with E-state index in [1.54, 1.807) is 6.20 Å². The molecular weight excluding hydrogens is 376 g/mol. The SMILES string of the molecule is Cc1cccc(N2CCC(O)(CN3CCC[C@](C(N)=O)(c4ccccn4)C3)CC2)c1. The number of aromatic nitrogens is 1. The monoisotopic (exact) mass is 408 g/mol. The molecule has 1 aromatic carbocycles. The summed E-state index contributed by atoms with van der Waals surface area (Å²) < 4.78 is 0. The Bertz CT molecular complexity index is 880. The summed E-state index contributed by atoms with van der Waals surface area (Å²) in [6.45, 7) is 5.71. The molecule has 0 aliphatic carbocycles. The van der Waals surface area contributed by atoms with Gasteiger partial charge in [-0.25, -0.2) is 0 Å². The average Bonchev–Trinajstić information content (AvgIpc) is 2.74. The van der Waals surface area contributed by atoms with E-state index in [-0.39, 0.29) is 5.91 Å². The number of β-amino-alcohol motifs (C(OH)–C–C–N with tert-alkyl or cyclic N) is 1. The molecule has 4 rings (SSSR count). The molecule has 2 saturated heterocycles. The second kappa shape index (κ2) is 8.36. The van der Waals surface area contributed by atoms with Crippen molar-refractivity contribution < 1.29 is 9.90 Å². The van der Waals surface area contributed by atoms with Gasteiger partial charge < -0.3 is 15.7 Å². The third-order valence-corrected chi connectivity index (χ3v) is 6.78. The zero-order valence-electron chi connectivity index (χ0n) is 17.8. The van der Waals surface area contributed by atoms with E-state index in [2.05, 4.69) is 46.0 Å². The molecule has 0 spiro atoms. The van der Waals surface area contributed by atoms with Gasteiger partial charge in [-0.15, -0.1) is 0 Å². The van der Waals surface area contributed by atoms with E-state index in [0.717, 1.165) is 31.7 Å². The molecular formula is C24H32N4O2. The second-order valence-corrected chi connectivity index (χ2v) is 9.03. The van der Waals surface area contributed by atoms with Crippen LogP contribution in [0.3, 0.4) is 0 Å². The van der Waals surface area contributed by atoms with Crippen LogP contribution in [0.15, 0.2) is 48.7 Å². The summed E-state index contributed by atoms with van der Waals surface area (Å²) in [6, 6.07) is 14.2. The van der Waals surface area contributed by atoms with Crippen molar-refractivity contribution in [2.75, 3.05) is 37.6 Å². The second-order valence-electron chi connectivity index (χ2n) is 9.03. The number of aryl methyl sites for hydroxylation is 1. The Morgan fingerprint density at radius 3 is 2.60 bits per heavy atom. The average molecular weight is 409 g/mol. The van der Waals surface area contributed by atoms with Crippen LogP contribution in [0.4, 0.5) is 5.69 Å². The lowest BCUT2D eigenvalue weighted by Gasteiger charge is -2.46. The first-order valence-corrected chi connectivity index (χ1v) is 10.9. The first-order valence-electron chi connectivity index (χ1n) is 10.9. The van der Waals surface area contributed by atoms with Crippen LogP contribution >= 0.6 is 0 Å². The number of hydrogen-bond acceptors (Lipinski definition) is 5. The molecule has 2 aliphatic heterocycles. The smallest absolute Gasteiger partial charge is 0.230 e. The van der Waals surface area contributed by atoms with Crippen molar-refractivity contribution in [3.05, 3.63) is 59.9 Å². The van der Waals surface area contributed by atoms with E-state index in [0.29, 0.717) is 32.4 Å². The van der Waals surface area contributed by atoms with Gasteiger partial charge in [-0.2, -0.15) is 0 Å². The van der Waals surface area contributed by atoms with Crippen LogP contribution in [0.1, 0.15) is 36.9 Å². The number of nitrogens with two attached hydrogens (primary N) is 1. The van der Waals surface area contributed by atoms with E-state index in [4.69, 9.17) is 5.73 Å². The number of carbonyl (C=O) groups is 1. The van der Waals surface area contributed by atoms with Crippen LogP contribution in [0.25, 0.3) is 0 Å². The molecule has 0 unspecified atom stereocenters. The molecule has 2 fully saturated rings. The van der Waals surface area contributed by atoms with Gasteiger partial charge in [0, 0.05) is 38.1 Å². The molecule has 1 amide bonds. The van der Waals surface area contributed by atoms with Gasteiger partial charge >= 0.3 is 0 Å². The molecule has 0 bridgehead atoms. The Morgan fingerprint density at radius 1 is 1.13 bits per heavy atom. The van der Waals surface area contributed by atoms with E-state index >= 15 is 0 Å². The predicted octanol–water partition coefficient (Wildman–Crippen LogP) is 2.24. The van der Waals surface area contributed by atoms with Crippen molar-refractivity contribution in [2.24, 2.45) is 5.73 Å². The van der Waals surface area contributed by atoms with Gasteiger partial charge in [0.25, 0.3) is 0 Å². The standard InChI is InChI=1S/C24H32N4O2/c1-19-6-4-7-20(16-19)28-14-10-23(30,11-15-28)17-27-13-5-9-24(18-27,22(25)29)21-8-2-3-12-26-21/h2-4,6-8,12,16,30H,5,9-11,13-15,17-18H2,1H3,(H2,25,29)/t24-/m1/s1. The highest BCUT2D eigenvalue weighted by Crippen LogP contribution is 2.35. The normalized spacial score (nSPS) is 24.5. The quantitative estimate of drug-likeness (QED) is 0.793. The fraction of sp³-hybridized carbons (Fsp3) is 0.500. The van der Waals surface area contributed by atoms with Crippen molar-refractivity contribution in [1.29, 1.82) is 0 Å². The van der Waals surface area contributed by atoms with Gasteiger partial charge in [-0.05, 0) is 69.0 Å². The minimum Gasteiger partial charge on any atom is -0.388 e. The Balaban J connectivity index is 1.43. The molecule has 2 aromatic rings. The third kappa shape index (κ3) is 4.20. The highest BCUT2D eigenvalue weighted by molar-refractivity contribution is 5.86. The van der Waals surface area contributed by atoms with Crippen LogP contribution in [0.2, 0.25) is 0 Å². The number of rotatable bonds is 5. The number of likely N-dealkylation sites (tertiary alicyclic amines) is 1. The third-order valence-electron chi connectivity index (χ3n) is 6.78. The first kappa shape index (κ1) is 20.8. The molecule has 3 N–H and O–H groups in total. The Labute approximate surface area is 178 Å². The highest BCUT2D eigenvalue weighted by Gasteiger charge is 2.45. The molecule has 30 heavy (non-hydrogen) atoms. The summed E-state index contributed by atoms with van der Waals surface area (Å²) in [7, 11) is 0. The molecule has 6 nitrogen and oxygen atoms in total. The zero-order chi connectivity index (χ0) is 21.2. The van der Waals surface area contributed by atoms with Gasteiger partial charge in [0.05, 0.1) is 11.3 Å². The lowest BCUT2D eigenvalue weighted by Crippen LogP contribution is -2.58. The molecule has 0 radical (unpaired) electrons. The molecule has 6 heteroatoms. The van der Waals surface area contributed by atoms with E-state index in [1.807, 2.05) is 18.2 Å². The maximum Gasteiger partial charge on any atom is 0.230 e. The largest absolute Gasteiger partial charge is 0.388 e. The van der Waals surface area contributed by atoms with Crippen molar-refractivity contribution in [2.45, 2.75) is 43.6 Å². The summed E-state index contributed by atoms with van der Waals surface area (Å²) in [4.78, 5) is 21.5. The number of carbonyl (C=O) groups excluding carboxylic acids is 1. The number of amides is 1. The summed E-state index contributed by atoms with van der Waals surface area (Å²) in [5.41, 5.74) is 7.57.